The summed E-state index contributed by atoms with van der Waals surface area (Å²) in [5.41, 5.74) is 13.9. The Balaban J connectivity index is 1.45. The van der Waals surface area contributed by atoms with Gasteiger partial charge in [0.05, 0.1) is 18.5 Å². The van der Waals surface area contributed by atoms with Crippen molar-refractivity contribution in [2.24, 2.45) is 21.5 Å². The average molecular weight is 497 g/mol. The number of hydrogen-bond donors (Lipinski definition) is 4. The number of nitrogens with zero attached hydrogens (tertiary/aromatic N) is 4. The van der Waals surface area contributed by atoms with E-state index < -0.39 is 0 Å². The van der Waals surface area contributed by atoms with Crippen molar-refractivity contribution in [1.82, 2.24) is 20.0 Å². The minimum Gasteiger partial charge on any atom is -0.495 e. The second-order valence-electron chi connectivity index (χ2n) is 6.49. The van der Waals surface area contributed by atoms with Gasteiger partial charge in [-0.3, -0.25) is 15.0 Å². The Kier molecular flexibility index (Phi) is 13.4. The lowest BCUT2D eigenvalue weighted by Gasteiger charge is -2.08. The molecular formula is C20H32N8OS3. The van der Waals surface area contributed by atoms with E-state index in [0.29, 0.717) is 25.0 Å². The molecule has 0 amide bonds. The Labute approximate surface area is 202 Å². The van der Waals surface area contributed by atoms with E-state index in [1.54, 1.807) is 25.1 Å². The van der Waals surface area contributed by atoms with Gasteiger partial charge in [-0.25, -0.2) is 0 Å². The van der Waals surface area contributed by atoms with Gasteiger partial charge in [0.15, 0.2) is 11.9 Å². The molecule has 0 aliphatic carbocycles. The summed E-state index contributed by atoms with van der Waals surface area (Å²) in [6.45, 7) is 2.75. The fraction of sp³-hybridized carbons (Fsp3) is 0.500. The van der Waals surface area contributed by atoms with Crippen LogP contribution >= 0.6 is 35.1 Å². The predicted molar refractivity (Wildman–Crippen MR) is 139 cm³/mol. The molecule has 0 aliphatic rings. The van der Waals surface area contributed by atoms with Crippen LogP contribution in [0.5, 0.6) is 5.75 Å². The third-order valence-corrected chi connectivity index (χ3v) is 6.59. The van der Waals surface area contributed by atoms with Crippen LogP contribution in [0.4, 0.5) is 0 Å². The molecule has 0 fully saturated rings. The number of hydrogen-bond acceptors (Lipinski definition) is 8. The van der Waals surface area contributed by atoms with Crippen LogP contribution in [0.25, 0.3) is 0 Å². The zero-order valence-corrected chi connectivity index (χ0v) is 20.8. The largest absolute Gasteiger partial charge is 0.495 e. The van der Waals surface area contributed by atoms with Crippen LogP contribution in [0, 0.1) is 0 Å². The molecule has 2 aromatic rings. The summed E-state index contributed by atoms with van der Waals surface area (Å²) < 4.78 is 9.59. The van der Waals surface area contributed by atoms with Crippen LogP contribution in [-0.4, -0.2) is 66.1 Å². The number of rotatable bonds is 15. The topological polar surface area (TPSA) is 136 Å². The first-order valence-electron chi connectivity index (χ1n) is 10.3. The normalized spacial score (nSPS) is 12.0. The molecule has 2 rings (SSSR count). The van der Waals surface area contributed by atoms with Gasteiger partial charge in [-0.15, -0.1) is 0 Å². The molecule has 32 heavy (non-hydrogen) atoms. The van der Waals surface area contributed by atoms with E-state index in [1.807, 2.05) is 35.3 Å². The Morgan fingerprint density at radius 3 is 2.38 bits per heavy atom. The molecule has 2 aromatic heterocycles. The van der Waals surface area contributed by atoms with Crippen molar-refractivity contribution in [1.29, 1.82) is 0 Å². The summed E-state index contributed by atoms with van der Waals surface area (Å²) in [7, 11) is 1.66. The minimum absolute atomic E-state index is 0.452. The number of ether oxygens (including phenoxy) is 1. The molecule has 0 saturated carbocycles. The van der Waals surface area contributed by atoms with Crippen LogP contribution < -0.4 is 26.8 Å². The van der Waals surface area contributed by atoms with Crippen molar-refractivity contribution in [3.63, 3.8) is 0 Å². The highest BCUT2D eigenvalue weighted by Gasteiger charge is 2.03. The Bertz CT molecular complexity index is 817. The molecule has 0 spiro atoms. The van der Waals surface area contributed by atoms with E-state index >= 15 is 0 Å². The molecule has 9 nitrogen and oxygen atoms in total. The van der Waals surface area contributed by atoms with Gasteiger partial charge in [0.25, 0.3) is 0 Å². The van der Waals surface area contributed by atoms with Crippen molar-refractivity contribution in [3.05, 3.63) is 41.2 Å². The van der Waals surface area contributed by atoms with E-state index in [2.05, 4.69) is 30.0 Å². The van der Waals surface area contributed by atoms with Crippen molar-refractivity contribution >= 4 is 47.0 Å². The van der Waals surface area contributed by atoms with Gasteiger partial charge in [-0.05, 0) is 36.2 Å². The molecular weight excluding hydrogens is 464 g/mol. The minimum atomic E-state index is 0.452. The Morgan fingerprint density at radius 1 is 1.06 bits per heavy atom. The third kappa shape index (κ3) is 11.4. The van der Waals surface area contributed by atoms with Crippen LogP contribution in [-0.2, 0) is 11.5 Å². The van der Waals surface area contributed by atoms with Crippen molar-refractivity contribution < 1.29 is 4.74 Å². The van der Waals surface area contributed by atoms with E-state index in [0.717, 1.165) is 59.7 Å². The van der Waals surface area contributed by atoms with Crippen LogP contribution in [0.2, 0.25) is 0 Å². The molecule has 0 atom stereocenters. The average Bonchev–Trinajstić information content (AvgIpc) is 3.32. The third-order valence-electron chi connectivity index (χ3n) is 4.03. The van der Waals surface area contributed by atoms with E-state index in [1.165, 1.54) is 11.5 Å². The first-order chi connectivity index (χ1) is 15.7. The quantitative estimate of drug-likeness (QED) is 0.166. The number of guanidine groups is 2. The van der Waals surface area contributed by atoms with Gasteiger partial charge in [0, 0.05) is 60.8 Å². The molecule has 0 bridgehead atoms. The smallest absolute Gasteiger partial charge is 0.188 e. The first-order valence-corrected chi connectivity index (χ1v) is 13.4. The molecule has 176 valence electrons. The van der Waals surface area contributed by atoms with E-state index in [4.69, 9.17) is 16.2 Å². The lowest BCUT2D eigenvalue weighted by Crippen LogP contribution is -2.34. The standard InChI is InChI=1S/C20H32N8OS3/c1-29-18-4-2-6-23-17(18)15-31-13-10-27-20(22)25-8-3-7-24-19(21)26-9-12-30-14-16-5-11-32-28-16/h2,4-6,11H,3,7-10,12-15H2,1H3,(H3,21,24,26)(H3,22,25,27). The fourth-order valence-corrected chi connectivity index (χ4v) is 4.64. The number of nitrogens with one attached hydrogen (secondary N) is 2. The maximum absolute atomic E-state index is 5.90. The molecule has 0 aromatic carbocycles. The Morgan fingerprint density at radius 2 is 1.75 bits per heavy atom. The Hall–Kier alpha value is -2.18. The second-order valence-corrected chi connectivity index (χ2v) is 9.37. The maximum Gasteiger partial charge on any atom is 0.188 e. The van der Waals surface area contributed by atoms with Crippen molar-refractivity contribution in [2.75, 3.05) is 44.8 Å². The van der Waals surface area contributed by atoms with Crippen LogP contribution in [0.3, 0.4) is 0 Å². The van der Waals surface area contributed by atoms with Gasteiger partial charge in [0.2, 0.25) is 0 Å². The predicted octanol–water partition coefficient (Wildman–Crippen LogP) is 1.91. The maximum atomic E-state index is 5.90. The number of methoxy groups -OCH3 is 1. The van der Waals surface area contributed by atoms with E-state index in [9.17, 15) is 0 Å². The fourth-order valence-electron chi connectivity index (χ4n) is 2.46. The number of nitrogens with two attached hydrogens (primary N) is 2. The second kappa shape index (κ2) is 16.5. The SMILES string of the molecule is COc1cccnc1CSCCNC(N)=NCCCN=C(N)NCCSCc1ccsn1. The van der Waals surface area contributed by atoms with Gasteiger partial charge in [-0.2, -0.15) is 27.9 Å². The summed E-state index contributed by atoms with van der Waals surface area (Å²) in [5.74, 6) is 5.30. The summed E-state index contributed by atoms with van der Waals surface area (Å²) in [6.07, 6.45) is 2.57. The molecule has 0 saturated heterocycles. The van der Waals surface area contributed by atoms with Crippen LogP contribution in [0.1, 0.15) is 17.8 Å². The lowest BCUT2D eigenvalue weighted by atomic mass is 10.3. The number of aliphatic imine (C=N–C) groups is 2. The highest BCUT2D eigenvalue weighted by molar-refractivity contribution is 7.98. The van der Waals surface area contributed by atoms with E-state index in [-0.39, 0.29) is 0 Å². The molecule has 0 unspecified atom stereocenters. The van der Waals surface area contributed by atoms with Gasteiger partial charge >= 0.3 is 0 Å². The highest BCUT2D eigenvalue weighted by atomic mass is 32.2. The number of aromatic nitrogens is 2. The number of thioether (sulfide) groups is 2. The summed E-state index contributed by atoms with van der Waals surface area (Å²) >= 11 is 5.07. The zero-order chi connectivity index (χ0) is 22.9. The molecule has 0 aliphatic heterocycles. The molecule has 6 N–H and O–H groups in total. The highest BCUT2D eigenvalue weighted by Crippen LogP contribution is 2.19. The first kappa shape index (κ1) is 26.1. The van der Waals surface area contributed by atoms with Crippen molar-refractivity contribution in [2.45, 2.75) is 17.9 Å². The summed E-state index contributed by atoms with van der Waals surface area (Å²) in [4.78, 5) is 13.0. The molecule has 2 heterocycles. The van der Waals surface area contributed by atoms with Gasteiger partial charge in [-0.1, -0.05) is 0 Å². The van der Waals surface area contributed by atoms with Crippen LogP contribution in [0.15, 0.2) is 39.8 Å². The zero-order valence-electron chi connectivity index (χ0n) is 18.3. The lowest BCUT2D eigenvalue weighted by molar-refractivity contribution is 0.409. The van der Waals surface area contributed by atoms with Crippen molar-refractivity contribution in [3.8, 4) is 5.75 Å². The monoisotopic (exact) mass is 496 g/mol. The molecule has 0 radical (unpaired) electrons. The van der Waals surface area contributed by atoms with Gasteiger partial charge < -0.3 is 26.8 Å². The molecule has 12 heteroatoms. The summed E-state index contributed by atoms with van der Waals surface area (Å²) in [6, 6.07) is 5.84. The van der Waals surface area contributed by atoms with Gasteiger partial charge in [0.1, 0.15) is 5.75 Å². The summed E-state index contributed by atoms with van der Waals surface area (Å²) in [5, 5.41) is 8.24. The number of pyridine rings is 1.